The van der Waals surface area contributed by atoms with Crippen molar-refractivity contribution in [3.8, 4) is 0 Å². The topological polar surface area (TPSA) is 53.8 Å². The van der Waals surface area contributed by atoms with Crippen molar-refractivity contribution in [1.82, 2.24) is 9.80 Å². The average Bonchev–Trinajstić information content (AvgIpc) is 2.84. The van der Waals surface area contributed by atoms with Crippen LogP contribution < -0.4 is 0 Å². The molecule has 1 aliphatic heterocycles. The molecule has 5 nitrogen and oxygen atoms in total. The normalized spacial score (nSPS) is 16.0. The first kappa shape index (κ1) is 13.9. The summed E-state index contributed by atoms with van der Waals surface area (Å²) < 4.78 is 5.10. The lowest BCUT2D eigenvalue weighted by Gasteiger charge is -2.35. The SMILES string of the molecule is CC(C)C(=O)N1CCN(C(=O)c2ccc(Cl)o2)CC1. The van der Waals surface area contributed by atoms with E-state index in [0.29, 0.717) is 26.2 Å². The maximum Gasteiger partial charge on any atom is 0.289 e. The number of carbonyl (C=O) groups is 2. The van der Waals surface area contributed by atoms with Crippen LogP contribution in [-0.4, -0.2) is 47.8 Å². The summed E-state index contributed by atoms with van der Waals surface area (Å²) in [5.41, 5.74) is 0. The lowest BCUT2D eigenvalue weighted by Crippen LogP contribution is -2.51. The zero-order valence-corrected chi connectivity index (χ0v) is 11.8. The van der Waals surface area contributed by atoms with Crippen molar-refractivity contribution in [2.75, 3.05) is 26.2 Å². The van der Waals surface area contributed by atoms with Gasteiger partial charge in [0.1, 0.15) is 0 Å². The van der Waals surface area contributed by atoms with Crippen LogP contribution in [0.25, 0.3) is 0 Å². The van der Waals surface area contributed by atoms with E-state index in [4.69, 9.17) is 16.0 Å². The lowest BCUT2D eigenvalue weighted by molar-refractivity contribution is -0.135. The third-order valence-corrected chi connectivity index (χ3v) is 3.36. The summed E-state index contributed by atoms with van der Waals surface area (Å²) in [4.78, 5) is 27.4. The molecule has 1 saturated heterocycles. The summed E-state index contributed by atoms with van der Waals surface area (Å²) >= 11 is 5.65. The van der Waals surface area contributed by atoms with Gasteiger partial charge in [0.15, 0.2) is 11.0 Å². The molecule has 1 fully saturated rings. The zero-order valence-electron chi connectivity index (χ0n) is 11.1. The minimum Gasteiger partial charge on any atom is -0.440 e. The number of hydrogen-bond donors (Lipinski definition) is 0. The molecule has 0 aromatic carbocycles. The van der Waals surface area contributed by atoms with E-state index in [2.05, 4.69) is 0 Å². The Balaban J connectivity index is 1.93. The molecule has 0 aliphatic carbocycles. The van der Waals surface area contributed by atoms with Crippen LogP contribution >= 0.6 is 11.6 Å². The largest absolute Gasteiger partial charge is 0.440 e. The average molecular weight is 285 g/mol. The van der Waals surface area contributed by atoms with Crippen LogP contribution in [0.3, 0.4) is 0 Å². The molecule has 0 spiro atoms. The van der Waals surface area contributed by atoms with Gasteiger partial charge in [0.25, 0.3) is 5.91 Å². The van der Waals surface area contributed by atoms with Gasteiger partial charge in [-0.1, -0.05) is 13.8 Å². The molecule has 0 atom stereocenters. The van der Waals surface area contributed by atoms with Crippen LogP contribution in [0.4, 0.5) is 0 Å². The number of halogens is 1. The Morgan fingerprint density at radius 1 is 1.16 bits per heavy atom. The highest BCUT2D eigenvalue weighted by Crippen LogP contribution is 2.16. The predicted octanol–water partition coefficient (Wildman–Crippen LogP) is 1.87. The number of carbonyl (C=O) groups excluding carboxylic acids is 2. The second kappa shape index (κ2) is 5.65. The Morgan fingerprint density at radius 2 is 1.74 bits per heavy atom. The van der Waals surface area contributed by atoms with Gasteiger partial charge in [0.05, 0.1) is 0 Å². The highest BCUT2D eigenvalue weighted by molar-refractivity contribution is 6.29. The number of rotatable bonds is 2. The Morgan fingerprint density at radius 3 is 2.21 bits per heavy atom. The van der Waals surface area contributed by atoms with Gasteiger partial charge in [0.2, 0.25) is 5.91 Å². The fourth-order valence-electron chi connectivity index (χ4n) is 2.08. The van der Waals surface area contributed by atoms with Crippen LogP contribution in [0, 0.1) is 5.92 Å². The fraction of sp³-hybridized carbons (Fsp3) is 0.538. The summed E-state index contributed by atoms with van der Waals surface area (Å²) in [6.07, 6.45) is 0. The summed E-state index contributed by atoms with van der Waals surface area (Å²) in [6.45, 7) is 5.94. The van der Waals surface area contributed by atoms with Crippen LogP contribution in [-0.2, 0) is 4.79 Å². The molecule has 104 valence electrons. The molecule has 0 N–H and O–H groups in total. The number of furan rings is 1. The first-order valence-electron chi connectivity index (χ1n) is 6.32. The van der Waals surface area contributed by atoms with Gasteiger partial charge in [-0.25, -0.2) is 0 Å². The minimum atomic E-state index is -0.177. The summed E-state index contributed by atoms with van der Waals surface area (Å²) in [5.74, 6) is 0.191. The predicted molar refractivity (Wildman–Crippen MR) is 71.0 cm³/mol. The maximum absolute atomic E-state index is 12.1. The molecule has 0 radical (unpaired) electrons. The molecule has 1 aliphatic rings. The molecular formula is C13H17ClN2O3. The van der Waals surface area contributed by atoms with E-state index in [-0.39, 0.29) is 28.7 Å². The molecule has 6 heteroatoms. The van der Waals surface area contributed by atoms with Crippen molar-refractivity contribution in [2.45, 2.75) is 13.8 Å². The monoisotopic (exact) mass is 284 g/mol. The second-order valence-corrected chi connectivity index (χ2v) is 5.25. The molecule has 2 heterocycles. The van der Waals surface area contributed by atoms with E-state index in [1.807, 2.05) is 13.8 Å². The van der Waals surface area contributed by atoms with Crippen LogP contribution in [0.1, 0.15) is 24.4 Å². The molecule has 0 unspecified atom stereocenters. The van der Waals surface area contributed by atoms with Crippen molar-refractivity contribution < 1.29 is 14.0 Å². The van der Waals surface area contributed by atoms with E-state index in [0.717, 1.165) is 0 Å². The van der Waals surface area contributed by atoms with Gasteiger partial charge >= 0.3 is 0 Å². The molecule has 2 amide bonds. The third-order valence-electron chi connectivity index (χ3n) is 3.16. The molecular weight excluding hydrogens is 268 g/mol. The number of hydrogen-bond acceptors (Lipinski definition) is 3. The Bertz CT molecular complexity index is 476. The molecule has 0 bridgehead atoms. The summed E-state index contributed by atoms with van der Waals surface area (Å²) in [5, 5.41) is 0.206. The van der Waals surface area contributed by atoms with Crippen LogP contribution in [0.2, 0.25) is 5.22 Å². The van der Waals surface area contributed by atoms with E-state index < -0.39 is 0 Å². The highest BCUT2D eigenvalue weighted by Gasteiger charge is 2.27. The van der Waals surface area contributed by atoms with Crippen LogP contribution in [0.15, 0.2) is 16.5 Å². The van der Waals surface area contributed by atoms with Gasteiger partial charge in [-0.2, -0.15) is 0 Å². The van der Waals surface area contributed by atoms with E-state index in [9.17, 15) is 9.59 Å². The Hall–Kier alpha value is -1.49. The van der Waals surface area contributed by atoms with Gasteiger partial charge in [0, 0.05) is 32.1 Å². The van der Waals surface area contributed by atoms with Crippen LogP contribution in [0.5, 0.6) is 0 Å². The van der Waals surface area contributed by atoms with Crippen molar-refractivity contribution in [3.05, 3.63) is 23.1 Å². The van der Waals surface area contributed by atoms with E-state index in [1.54, 1.807) is 21.9 Å². The summed E-state index contributed by atoms with van der Waals surface area (Å²) in [6, 6.07) is 3.11. The zero-order chi connectivity index (χ0) is 14.0. The van der Waals surface area contributed by atoms with Crippen molar-refractivity contribution in [1.29, 1.82) is 0 Å². The van der Waals surface area contributed by atoms with Gasteiger partial charge in [-0.3, -0.25) is 9.59 Å². The molecule has 0 saturated carbocycles. The molecule has 2 rings (SSSR count). The number of amides is 2. The summed E-state index contributed by atoms with van der Waals surface area (Å²) in [7, 11) is 0. The molecule has 19 heavy (non-hydrogen) atoms. The third kappa shape index (κ3) is 3.10. The van der Waals surface area contributed by atoms with Crippen molar-refractivity contribution >= 4 is 23.4 Å². The van der Waals surface area contributed by atoms with Gasteiger partial charge < -0.3 is 14.2 Å². The first-order valence-corrected chi connectivity index (χ1v) is 6.70. The minimum absolute atomic E-state index is 0.00821. The number of nitrogens with zero attached hydrogens (tertiary/aromatic N) is 2. The smallest absolute Gasteiger partial charge is 0.289 e. The molecule has 1 aromatic heterocycles. The van der Waals surface area contributed by atoms with Gasteiger partial charge in [-0.15, -0.1) is 0 Å². The number of piperazine rings is 1. The maximum atomic E-state index is 12.1. The fourth-order valence-corrected chi connectivity index (χ4v) is 2.23. The lowest BCUT2D eigenvalue weighted by atomic mass is 10.1. The van der Waals surface area contributed by atoms with Crippen molar-refractivity contribution in [2.24, 2.45) is 5.92 Å². The second-order valence-electron chi connectivity index (χ2n) is 4.88. The quantitative estimate of drug-likeness (QED) is 0.833. The van der Waals surface area contributed by atoms with E-state index >= 15 is 0 Å². The van der Waals surface area contributed by atoms with Crippen molar-refractivity contribution in [3.63, 3.8) is 0 Å². The standard InChI is InChI=1S/C13H17ClN2O3/c1-9(2)12(17)15-5-7-16(8-6-15)13(18)10-3-4-11(14)19-10/h3-4,9H,5-8H2,1-2H3. The Labute approximate surface area is 117 Å². The molecule has 1 aromatic rings. The Kier molecular flexibility index (Phi) is 4.14. The first-order chi connectivity index (χ1) is 8.99. The highest BCUT2D eigenvalue weighted by atomic mass is 35.5. The van der Waals surface area contributed by atoms with E-state index in [1.165, 1.54) is 0 Å². The van der Waals surface area contributed by atoms with Gasteiger partial charge in [-0.05, 0) is 23.7 Å².